The highest BCUT2D eigenvalue weighted by Gasteiger charge is 2.28. The van der Waals surface area contributed by atoms with E-state index in [-0.39, 0.29) is 17.9 Å². The third-order valence-electron chi connectivity index (χ3n) is 4.51. The van der Waals surface area contributed by atoms with Crippen molar-refractivity contribution >= 4 is 11.5 Å². The van der Waals surface area contributed by atoms with Crippen LogP contribution in [-0.2, 0) is 7.05 Å². The van der Waals surface area contributed by atoms with Crippen LogP contribution in [0.1, 0.15) is 38.5 Å². The molecule has 0 bridgehead atoms. The predicted molar refractivity (Wildman–Crippen MR) is 93.7 cm³/mol. The average Bonchev–Trinajstić information content (AvgIpc) is 2.88. The summed E-state index contributed by atoms with van der Waals surface area (Å²) >= 11 is 0. The molecule has 0 aliphatic carbocycles. The first-order valence-electron chi connectivity index (χ1n) is 8.54. The lowest BCUT2D eigenvalue weighted by Gasteiger charge is -2.20. The number of nitrogens with zero attached hydrogens (tertiary/aromatic N) is 3. The van der Waals surface area contributed by atoms with Gasteiger partial charge in [0.05, 0.1) is 19.4 Å². The summed E-state index contributed by atoms with van der Waals surface area (Å²) in [5.74, 6) is 0.692. The molecule has 1 aliphatic rings. The minimum atomic E-state index is -0.596. The van der Waals surface area contributed by atoms with Crippen molar-refractivity contribution in [3.63, 3.8) is 0 Å². The molecule has 3 N–H and O–H groups in total. The maximum absolute atomic E-state index is 12.0. The second kappa shape index (κ2) is 8.34. The van der Waals surface area contributed by atoms with E-state index in [9.17, 15) is 14.7 Å². The number of nitrogens with one attached hydrogen (secondary N) is 1. The van der Waals surface area contributed by atoms with E-state index in [0.717, 1.165) is 38.6 Å². The van der Waals surface area contributed by atoms with Gasteiger partial charge in [-0.05, 0) is 12.8 Å². The molecule has 0 radical (unpaired) electrons. The Bertz CT molecular complexity index is 654. The van der Waals surface area contributed by atoms with E-state index < -0.39 is 6.10 Å². The molecule has 136 valence electrons. The molecule has 2 heterocycles. The standard InChI is InChI=1S/C16H28N4O4/c1-18-11-20(9-7-5-3-4-6-8-12(22)10-21)15-13(18)14(23)17-16(24)19(15)2/h12,21-22H,3-11H2,1-2H3,(H,17,23,24). The molecule has 0 saturated heterocycles. The van der Waals surface area contributed by atoms with Crippen LogP contribution >= 0.6 is 0 Å². The molecule has 1 aromatic rings. The van der Waals surface area contributed by atoms with Crippen LogP contribution in [0.15, 0.2) is 9.59 Å². The minimum Gasteiger partial charge on any atom is -0.394 e. The van der Waals surface area contributed by atoms with Crippen LogP contribution in [0.5, 0.6) is 0 Å². The summed E-state index contributed by atoms with van der Waals surface area (Å²) in [6.45, 7) is 1.24. The molecule has 24 heavy (non-hydrogen) atoms. The number of aromatic amines is 1. The van der Waals surface area contributed by atoms with E-state index in [0.29, 0.717) is 24.6 Å². The van der Waals surface area contributed by atoms with Crippen LogP contribution in [0.3, 0.4) is 0 Å². The fraction of sp³-hybridized carbons (Fsp3) is 0.750. The predicted octanol–water partition coefficient (Wildman–Crippen LogP) is -0.0189. The van der Waals surface area contributed by atoms with Gasteiger partial charge >= 0.3 is 5.69 Å². The van der Waals surface area contributed by atoms with Crippen LogP contribution in [0.25, 0.3) is 0 Å². The first-order valence-corrected chi connectivity index (χ1v) is 8.54. The molecule has 0 saturated carbocycles. The Morgan fingerprint density at radius 2 is 1.79 bits per heavy atom. The van der Waals surface area contributed by atoms with Gasteiger partial charge in [-0.15, -0.1) is 0 Å². The van der Waals surface area contributed by atoms with Crippen molar-refractivity contribution in [1.82, 2.24) is 9.55 Å². The van der Waals surface area contributed by atoms with Gasteiger partial charge < -0.3 is 20.0 Å². The molecule has 1 unspecified atom stereocenters. The zero-order valence-corrected chi connectivity index (χ0v) is 14.5. The van der Waals surface area contributed by atoms with Crippen molar-refractivity contribution in [2.75, 3.05) is 36.7 Å². The Morgan fingerprint density at radius 1 is 1.12 bits per heavy atom. The van der Waals surface area contributed by atoms with E-state index >= 15 is 0 Å². The number of aromatic nitrogens is 2. The molecule has 0 aromatic carbocycles. The van der Waals surface area contributed by atoms with Crippen molar-refractivity contribution < 1.29 is 10.2 Å². The maximum Gasteiger partial charge on any atom is 0.329 e. The highest BCUT2D eigenvalue weighted by Crippen LogP contribution is 2.29. The fourth-order valence-electron chi connectivity index (χ4n) is 3.18. The Balaban J connectivity index is 1.82. The van der Waals surface area contributed by atoms with E-state index in [1.165, 1.54) is 4.57 Å². The largest absolute Gasteiger partial charge is 0.394 e. The number of unbranched alkanes of at least 4 members (excludes halogenated alkanes) is 4. The number of fused-ring (bicyclic) bond motifs is 1. The molecule has 1 aliphatic heterocycles. The van der Waals surface area contributed by atoms with Gasteiger partial charge in [0.15, 0.2) is 0 Å². The van der Waals surface area contributed by atoms with Crippen LogP contribution in [0.2, 0.25) is 0 Å². The molecule has 0 fully saturated rings. The van der Waals surface area contributed by atoms with Gasteiger partial charge in [-0.2, -0.15) is 0 Å². The van der Waals surface area contributed by atoms with Crippen molar-refractivity contribution in [2.24, 2.45) is 7.05 Å². The Kier molecular flexibility index (Phi) is 6.44. The van der Waals surface area contributed by atoms with Crippen molar-refractivity contribution in [2.45, 2.75) is 44.6 Å². The number of anilines is 2. The SMILES string of the molecule is CN1CN(CCCCCCCC(O)CO)c2c1c(=O)[nH]c(=O)n2C. The normalized spacial score (nSPS) is 15.0. The summed E-state index contributed by atoms with van der Waals surface area (Å²) in [7, 11) is 3.53. The lowest BCUT2D eigenvalue weighted by Crippen LogP contribution is -2.32. The Morgan fingerprint density at radius 3 is 2.50 bits per heavy atom. The first-order chi connectivity index (χ1) is 11.5. The minimum absolute atomic E-state index is 0.167. The number of hydrogen-bond acceptors (Lipinski definition) is 6. The topological polar surface area (TPSA) is 102 Å². The molecule has 1 atom stereocenters. The number of H-pyrrole nitrogens is 1. The van der Waals surface area contributed by atoms with Gasteiger partial charge in [-0.3, -0.25) is 14.3 Å². The summed E-state index contributed by atoms with van der Waals surface area (Å²) in [4.78, 5) is 30.1. The van der Waals surface area contributed by atoms with Gasteiger partial charge in [-0.25, -0.2) is 4.79 Å². The molecule has 8 heteroatoms. The third kappa shape index (κ3) is 4.18. The lowest BCUT2D eigenvalue weighted by molar-refractivity contribution is 0.0860. The molecule has 0 spiro atoms. The summed E-state index contributed by atoms with van der Waals surface area (Å²) in [5, 5.41) is 18.0. The molecule has 8 nitrogen and oxygen atoms in total. The zero-order chi connectivity index (χ0) is 17.7. The Hall–Kier alpha value is -1.80. The number of hydrogen-bond donors (Lipinski definition) is 3. The van der Waals surface area contributed by atoms with E-state index in [2.05, 4.69) is 9.88 Å². The molecule has 1 aromatic heterocycles. The van der Waals surface area contributed by atoms with Crippen LogP contribution < -0.4 is 21.0 Å². The molecule has 0 amide bonds. The van der Waals surface area contributed by atoms with Crippen molar-refractivity contribution in [3.8, 4) is 0 Å². The van der Waals surface area contributed by atoms with Gasteiger partial charge in [0.2, 0.25) is 0 Å². The first kappa shape index (κ1) is 18.5. The van der Waals surface area contributed by atoms with Crippen molar-refractivity contribution in [3.05, 3.63) is 20.8 Å². The molecular weight excluding hydrogens is 312 g/mol. The fourth-order valence-corrected chi connectivity index (χ4v) is 3.18. The average molecular weight is 340 g/mol. The van der Waals surface area contributed by atoms with Crippen molar-refractivity contribution in [1.29, 1.82) is 0 Å². The van der Waals surface area contributed by atoms with Gasteiger partial charge in [0.25, 0.3) is 5.56 Å². The quantitative estimate of drug-likeness (QED) is 0.546. The second-order valence-electron chi connectivity index (χ2n) is 6.49. The summed E-state index contributed by atoms with van der Waals surface area (Å²) in [6, 6.07) is 0. The van der Waals surface area contributed by atoms with E-state index in [1.54, 1.807) is 7.05 Å². The molecular formula is C16H28N4O4. The van der Waals surface area contributed by atoms with E-state index in [4.69, 9.17) is 5.11 Å². The van der Waals surface area contributed by atoms with Crippen LogP contribution in [0, 0.1) is 0 Å². The highest BCUT2D eigenvalue weighted by atomic mass is 16.3. The van der Waals surface area contributed by atoms with Gasteiger partial charge in [-0.1, -0.05) is 25.7 Å². The number of aliphatic hydroxyl groups excluding tert-OH is 2. The number of aliphatic hydroxyl groups is 2. The van der Waals surface area contributed by atoms with Gasteiger partial charge in [0.1, 0.15) is 11.5 Å². The van der Waals surface area contributed by atoms with Crippen LogP contribution in [-0.4, -0.2) is 52.7 Å². The third-order valence-corrected chi connectivity index (χ3v) is 4.51. The summed E-state index contributed by atoms with van der Waals surface area (Å²) < 4.78 is 1.50. The maximum atomic E-state index is 12.0. The smallest absolute Gasteiger partial charge is 0.329 e. The van der Waals surface area contributed by atoms with Crippen LogP contribution in [0.4, 0.5) is 11.5 Å². The Labute approximate surface area is 141 Å². The number of rotatable bonds is 9. The zero-order valence-electron chi connectivity index (χ0n) is 14.5. The molecule has 2 rings (SSSR count). The monoisotopic (exact) mass is 340 g/mol. The summed E-state index contributed by atoms with van der Waals surface area (Å²) in [6.07, 6.45) is 5.11. The lowest BCUT2D eigenvalue weighted by atomic mass is 10.1. The highest BCUT2D eigenvalue weighted by molar-refractivity contribution is 5.71. The summed E-state index contributed by atoms with van der Waals surface area (Å²) in [5.41, 5.74) is -0.169. The second-order valence-corrected chi connectivity index (χ2v) is 6.49. The van der Waals surface area contributed by atoms with Gasteiger partial charge in [0, 0.05) is 20.6 Å². The van der Waals surface area contributed by atoms with E-state index in [1.807, 2.05) is 11.9 Å².